The molecule has 1 aliphatic heterocycles. The maximum Gasteiger partial charge on any atom is 0.251 e. The summed E-state index contributed by atoms with van der Waals surface area (Å²) in [5, 5.41) is 2.92. The van der Waals surface area contributed by atoms with Crippen LogP contribution in [0, 0.1) is 0 Å². The van der Waals surface area contributed by atoms with Gasteiger partial charge >= 0.3 is 0 Å². The third kappa shape index (κ3) is 3.14. The molecule has 3 heteroatoms. The molecular formula is C19H22N2O. The molecule has 3 rings (SSSR count). The molecule has 22 heavy (non-hydrogen) atoms. The first-order chi connectivity index (χ1) is 10.6. The van der Waals surface area contributed by atoms with Crippen molar-refractivity contribution in [1.29, 1.82) is 0 Å². The summed E-state index contributed by atoms with van der Waals surface area (Å²) >= 11 is 0. The Morgan fingerprint density at radius 3 is 2.59 bits per heavy atom. The second-order valence-electron chi connectivity index (χ2n) is 6.13. The van der Waals surface area contributed by atoms with Gasteiger partial charge in [-0.2, -0.15) is 0 Å². The number of nitrogens with zero attached hydrogens (tertiary/aromatic N) is 1. The third-order valence-corrected chi connectivity index (χ3v) is 3.99. The molecular weight excluding hydrogens is 272 g/mol. The van der Waals surface area contributed by atoms with Crippen LogP contribution in [-0.2, 0) is 13.0 Å². The first-order valence-corrected chi connectivity index (χ1v) is 7.86. The van der Waals surface area contributed by atoms with E-state index in [2.05, 4.69) is 46.6 Å². The number of hydrogen-bond acceptors (Lipinski definition) is 2. The number of rotatable bonds is 4. The molecule has 0 fully saturated rings. The van der Waals surface area contributed by atoms with Crippen molar-refractivity contribution in [2.24, 2.45) is 0 Å². The van der Waals surface area contributed by atoms with Gasteiger partial charge < -0.3 is 10.2 Å². The minimum Gasteiger partial charge on any atom is -0.367 e. The Morgan fingerprint density at radius 2 is 1.86 bits per heavy atom. The van der Waals surface area contributed by atoms with E-state index in [0.717, 1.165) is 25.1 Å². The summed E-state index contributed by atoms with van der Waals surface area (Å²) in [7, 11) is 0. The molecule has 0 atom stereocenters. The number of fused-ring (bicyclic) bond motifs is 1. The lowest BCUT2D eigenvalue weighted by molar-refractivity contribution is 0.0943. The number of carbonyl (C=O) groups is 1. The van der Waals surface area contributed by atoms with Crippen molar-refractivity contribution in [2.45, 2.75) is 32.9 Å². The first-order valence-electron chi connectivity index (χ1n) is 7.86. The van der Waals surface area contributed by atoms with Gasteiger partial charge in [0.05, 0.1) is 0 Å². The van der Waals surface area contributed by atoms with Crippen LogP contribution in [-0.4, -0.2) is 18.5 Å². The summed E-state index contributed by atoms with van der Waals surface area (Å²) in [6, 6.07) is 16.7. The zero-order chi connectivity index (χ0) is 15.5. The standard InChI is InChI=1S/C19H22N2O/c1-14(2)20-19(22)17-9-7-15(8-10-17)13-21-12-11-16-5-3-4-6-18(16)21/h3-10,14H,11-13H2,1-2H3,(H,20,22). The van der Waals surface area contributed by atoms with Crippen LogP contribution >= 0.6 is 0 Å². The van der Waals surface area contributed by atoms with Crippen LogP contribution in [0.4, 0.5) is 5.69 Å². The molecule has 1 aliphatic rings. The maximum atomic E-state index is 12.0. The fraction of sp³-hybridized carbons (Fsp3) is 0.316. The molecule has 3 nitrogen and oxygen atoms in total. The van der Waals surface area contributed by atoms with Gasteiger partial charge in [-0.25, -0.2) is 0 Å². The van der Waals surface area contributed by atoms with Gasteiger partial charge in [-0.05, 0) is 49.6 Å². The monoisotopic (exact) mass is 294 g/mol. The summed E-state index contributed by atoms with van der Waals surface area (Å²) in [6.07, 6.45) is 1.12. The topological polar surface area (TPSA) is 32.3 Å². The predicted molar refractivity (Wildman–Crippen MR) is 90.2 cm³/mol. The average Bonchev–Trinajstić information content (AvgIpc) is 2.91. The summed E-state index contributed by atoms with van der Waals surface area (Å²) < 4.78 is 0. The van der Waals surface area contributed by atoms with E-state index in [9.17, 15) is 4.79 Å². The van der Waals surface area contributed by atoms with Crippen molar-refractivity contribution >= 4 is 11.6 Å². The average molecular weight is 294 g/mol. The second-order valence-corrected chi connectivity index (χ2v) is 6.13. The molecule has 0 unspecified atom stereocenters. The van der Waals surface area contributed by atoms with Crippen molar-refractivity contribution in [3.63, 3.8) is 0 Å². The van der Waals surface area contributed by atoms with Gasteiger partial charge in [-0.15, -0.1) is 0 Å². The maximum absolute atomic E-state index is 12.0. The van der Waals surface area contributed by atoms with Crippen LogP contribution in [0.2, 0.25) is 0 Å². The van der Waals surface area contributed by atoms with Crippen LogP contribution in [0.5, 0.6) is 0 Å². The lowest BCUT2D eigenvalue weighted by Gasteiger charge is -2.19. The van der Waals surface area contributed by atoms with E-state index in [1.165, 1.54) is 16.8 Å². The lowest BCUT2D eigenvalue weighted by atomic mass is 10.1. The van der Waals surface area contributed by atoms with Gasteiger partial charge in [0.1, 0.15) is 0 Å². The minimum absolute atomic E-state index is 0.00642. The third-order valence-electron chi connectivity index (χ3n) is 3.99. The number of benzene rings is 2. The molecule has 2 aromatic carbocycles. The molecule has 0 saturated carbocycles. The molecule has 0 bridgehead atoms. The molecule has 1 heterocycles. The summed E-state index contributed by atoms with van der Waals surface area (Å²) in [4.78, 5) is 14.4. The lowest BCUT2D eigenvalue weighted by Crippen LogP contribution is -2.30. The van der Waals surface area contributed by atoms with Gasteiger partial charge in [0.15, 0.2) is 0 Å². The van der Waals surface area contributed by atoms with Crippen LogP contribution in [0.1, 0.15) is 35.3 Å². The fourth-order valence-corrected chi connectivity index (χ4v) is 2.90. The van der Waals surface area contributed by atoms with Crippen molar-refractivity contribution in [3.05, 3.63) is 65.2 Å². The van der Waals surface area contributed by atoms with E-state index in [0.29, 0.717) is 0 Å². The Labute approximate surface area is 132 Å². The molecule has 2 aromatic rings. The largest absolute Gasteiger partial charge is 0.367 e. The summed E-state index contributed by atoms with van der Waals surface area (Å²) in [6.45, 7) is 5.90. The number of anilines is 1. The van der Waals surface area contributed by atoms with E-state index < -0.39 is 0 Å². The molecule has 0 saturated heterocycles. The highest BCUT2D eigenvalue weighted by atomic mass is 16.1. The molecule has 0 radical (unpaired) electrons. The Balaban J connectivity index is 1.69. The number of para-hydroxylation sites is 1. The van der Waals surface area contributed by atoms with Crippen LogP contribution in [0.3, 0.4) is 0 Å². The summed E-state index contributed by atoms with van der Waals surface area (Å²) in [5.74, 6) is -0.00642. The predicted octanol–water partition coefficient (Wildman–Crippen LogP) is 3.39. The van der Waals surface area contributed by atoms with Crippen molar-refractivity contribution in [2.75, 3.05) is 11.4 Å². The molecule has 114 valence electrons. The number of carbonyl (C=O) groups excluding carboxylic acids is 1. The van der Waals surface area contributed by atoms with Gasteiger partial charge in [0.25, 0.3) is 5.91 Å². The van der Waals surface area contributed by atoms with Gasteiger partial charge in [-0.3, -0.25) is 4.79 Å². The number of hydrogen-bond donors (Lipinski definition) is 1. The quantitative estimate of drug-likeness (QED) is 0.937. The molecule has 1 N–H and O–H groups in total. The van der Waals surface area contributed by atoms with Gasteiger partial charge in [-0.1, -0.05) is 30.3 Å². The Hall–Kier alpha value is -2.29. The molecule has 0 aliphatic carbocycles. The van der Waals surface area contributed by atoms with E-state index >= 15 is 0 Å². The summed E-state index contributed by atoms with van der Waals surface area (Å²) in [5.41, 5.74) is 4.72. The molecule has 0 spiro atoms. The van der Waals surface area contributed by atoms with E-state index in [-0.39, 0.29) is 11.9 Å². The normalized spacial score (nSPS) is 13.3. The second kappa shape index (κ2) is 6.22. The van der Waals surface area contributed by atoms with E-state index in [4.69, 9.17) is 0 Å². The number of nitrogens with one attached hydrogen (secondary N) is 1. The van der Waals surface area contributed by atoms with Crippen molar-refractivity contribution < 1.29 is 4.79 Å². The van der Waals surface area contributed by atoms with Crippen LogP contribution in [0.25, 0.3) is 0 Å². The Morgan fingerprint density at radius 1 is 1.14 bits per heavy atom. The molecule has 0 aromatic heterocycles. The minimum atomic E-state index is -0.00642. The first kappa shape index (κ1) is 14.6. The Bertz CT molecular complexity index is 661. The van der Waals surface area contributed by atoms with E-state index in [1.807, 2.05) is 26.0 Å². The van der Waals surface area contributed by atoms with Crippen LogP contribution < -0.4 is 10.2 Å². The number of amides is 1. The highest BCUT2D eigenvalue weighted by Gasteiger charge is 2.18. The van der Waals surface area contributed by atoms with Gasteiger partial charge in [0, 0.05) is 30.4 Å². The highest BCUT2D eigenvalue weighted by molar-refractivity contribution is 5.94. The van der Waals surface area contributed by atoms with Crippen molar-refractivity contribution in [3.8, 4) is 0 Å². The molecule has 1 amide bonds. The fourth-order valence-electron chi connectivity index (χ4n) is 2.90. The SMILES string of the molecule is CC(C)NC(=O)c1ccc(CN2CCc3ccccc32)cc1. The van der Waals surface area contributed by atoms with Crippen molar-refractivity contribution in [1.82, 2.24) is 5.32 Å². The highest BCUT2D eigenvalue weighted by Crippen LogP contribution is 2.28. The zero-order valence-electron chi connectivity index (χ0n) is 13.2. The van der Waals surface area contributed by atoms with Gasteiger partial charge in [0.2, 0.25) is 0 Å². The smallest absolute Gasteiger partial charge is 0.251 e. The van der Waals surface area contributed by atoms with Crippen LogP contribution in [0.15, 0.2) is 48.5 Å². The van der Waals surface area contributed by atoms with E-state index in [1.54, 1.807) is 0 Å². The zero-order valence-corrected chi connectivity index (χ0v) is 13.2. The Kier molecular flexibility index (Phi) is 4.14.